The molecule has 1 N–H and O–H groups in total. The maximum atomic E-state index is 14.1. The second-order valence-corrected chi connectivity index (χ2v) is 11.2. The van der Waals surface area contributed by atoms with Crippen LogP contribution in [0, 0.1) is 23.2 Å². The fourth-order valence-corrected chi connectivity index (χ4v) is 6.13. The normalized spacial score (nSPS) is 29.8. The van der Waals surface area contributed by atoms with Gasteiger partial charge in [-0.15, -0.1) is 0 Å². The standard InChI is InChI=1S/C26H42F3N3O4/c1-6-19-11-20(19)13-31(15-30-24(35)26(27,28)29)21(10-18-8-9-18)23(34)32-14-25(17(4)33,12-16(32)3)22(7-2)36-5/h16,18-22H,6-15H2,1-5H3,(H,30,35). The summed E-state index contributed by atoms with van der Waals surface area (Å²) in [5.74, 6) is -1.04. The van der Waals surface area contributed by atoms with Crippen LogP contribution in [0.3, 0.4) is 0 Å². The molecule has 0 radical (unpaired) electrons. The average Bonchev–Trinajstić information content (AvgIpc) is 3.73. The van der Waals surface area contributed by atoms with E-state index >= 15 is 0 Å². The molecule has 1 aliphatic heterocycles. The molecule has 0 bridgehead atoms. The Morgan fingerprint density at radius 1 is 1.19 bits per heavy atom. The first-order valence-electron chi connectivity index (χ1n) is 13.3. The zero-order valence-electron chi connectivity index (χ0n) is 22.2. The highest BCUT2D eigenvalue weighted by molar-refractivity contribution is 5.88. The van der Waals surface area contributed by atoms with Crippen LogP contribution >= 0.6 is 0 Å². The van der Waals surface area contributed by atoms with E-state index < -0.39 is 23.5 Å². The lowest BCUT2D eigenvalue weighted by atomic mass is 9.75. The Kier molecular flexibility index (Phi) is 9.13. The van der Waals surface area contributed by atoms with Crippen LogP contribution in [0.5, 0.6) is 0 Å². The minimum absolute atomic E-state index is 0.0184. The molecule has 0 aromatic heterocycles. The molecule has 2 amide bonds. The van der Waals surface area contributed by atoms with Gasteiger partial charge in [0.05, 0.1) is 24.2 Å². The van der Waals surface area contributed by atoms with Crippen LogP contribution in [0.2, 0.25) is 0 Å². The van der Waals surface area contributed by atoms with Gasteiger partial charge in [-0.3, -0.25) is 19.3 Å². The van der Waals surface area contributed by atoms with Gasteiger partial charge in [0, 0.05) is 26.2 Å². The Morgan fingerprint density at radius 2 is 1.86 bits per heavy atom. The number of ketones is 1. The first-order valence-corrected chi connectivity index (χ1v) is 13.3. The predicted molar refractivity (Wildman–Crippen MR) is 129 cm³/mol. The Morgan fingerprint density at radius 3 is 2.33 bits per heavy atom. The fourth-order valence-electron chi connectivity index (χ4n) is 6.13. The molecule has 3 rings (SSSR count). The zero-order chi connectivity index (χ0) is 26.8. The van der Waals surface area contributed by atoms with E-state index in [1.54, 1.807) is 23.8 Å². The molecule has 36 heavy (non-hydrogen) atoms. The number of ether oxygens (including phenoxy) is 1. The molecule has 6 unspecified atom stereocenters. The summed E-state index contributed by atoms with van der Waals surface area (Å²) in [6, 6.07) is -0.847. The quantitative estimate of drug-likeness (QED) is 0.377. The highest BCUT2D eigenvalue weighted by Gasteiger charge is 2.53. The lowest BCUT2D eigenvalue weighted by molar-refractivity contribution is -0.174. The number of nitrogens with zero attached hydrogens (tertiary/aromatic N) is 2. The van der Waals surface area contributed by atoms with E-state index in [-0.39, 0.29) is 37.0 Å². The van der Waals surface area contributed by atoms with Crippen LogP contribution in [0.25, 0.3) is 0 Å². The summed E-state index contributed by atoms with van der Waals surface area (Å²) in [7, 11) is 1.58. The minimum atomic E-state index is -4.98. The van der Waals surface area contributed by atoms with Crippen LogP contribution in [0.15, 0.2) is 0 Å². The van der Waals surface area contributed by atoms with Crippen molar-refractivity contribution in [2.24, 2.45) is 23.2 Å². The Hall–Kier alpha value is -1.68. The highest BCUT2D eigenvalue weighted by Crippen LogP contribution is 2.45. The van der Waals surface area contributed by atoms with Crippen molar-refractivity contribution in [1.29, 1.82) is 0 Å². The number of Topliss-reactive ketones (excluding diaryl/α,β-unsaturated/α-hetero) is 1. The summed E-state index contributed by atoms with van der Waals surface area (Å²) in [6.07, 6.45) is 0.294. The number of rotatable bonds is 13. The molecular formula is C26H42F3N3O4. The lowest BCUT2D eigenvalue weighted by Gasteiger charge is -2.37. The van der Waals surface area contributed by atoms with Gasteiger partial charge in [0.25, 0.3) is 0 Å². The molecule has 10 heteroatoms. The third kappa shape index (κ3) is 6.41. The maximum Gasteiger partial charge on any atom is 0.471 e. The van der Waals surface area contributed by atoms with Gasteiger partial charge >= 0.3 is 12.1 Å². The average molecular weight is 518 g/mol. The number of methoxy groups -OCH3 is 1. The van der Waals surface area contributed by atoms with Crippen LogP contribution in [0.4, 0.5) is 13.2 Å². The number of carbonyl (C=O) groups excluding carboxylic acids is 3. The Labute approximate surface area is 212 Å². The number of alkyl halides is 3. The summed E-state index contributed by atoms with van der Waals surface area (Å²) < 4.78 is 44.4. The van der Waals surface area contributed by atoms with Crippen LogP contribution in [-0.4, -0.2) is 78.6 Å². The van der Waals surface area contributed by atoms with Crippen molar-refractivity contribution in [2.45, 2.75) is 97.0 Å². The smallest absolute Gasteiger partial charge is 0.380 e. The van der Waals surface area contributed by atoms with Gasteiger partial charge in [-0.1, -0.05) is 33.1 Å². The molecule has 206 valence electrons. The fraction of sp³-hybridized carbons (Fsp3) is 0.885. The van der Waals surface area contributed by atoms with Crippen molar-refractivity contribution in [3.8, 4) is 0 Å². The third-order valence-electron chi connectivity index (χ3n) is 8.64. The van der Waals surface area contributed by atoms with E-state index in [1.807, 2.05) is 19.2 Å². The van der Waals surface area contributed by atoms with Crippen LogP contribution in [0.1, 0.15) is 72.6 Å². The largest absolute Gasteiger partial charge is 0.471 e. The number of halogens is 3. The summed E-state index contributed by atoms with van der Waals surface area (Å²) in [4.78, 5) is 42.0. The van der Waals surface area contributed by atoms with Crippen molar-refractivity contribution in [1.82, 2.24) is 15.1 Å². The first-order chi connectivity index (χ1) is 16.9. The zero-order valence-corrected chi connectivity index (χ0v) is 22.2. The molecule has 7 nitrogen and oxygen atoms in total. The van der Waals surface area contributed by atoms with Crippen molar-refractivity contribution < 1.29 is 32.3 Å². The highest BCUT2D eigenvalue weighted by atomic mass is 19.4. The van der Waals surface area contributed by atoms with Crippen molar-refractivity contribution in [3.05, 3.63) is 0 Å². The van der Waals surface area contributed by atoms with Crippen molar-refractivity contribution >= 4 is 17.6 Å². The lowest BCUT2D eigenvalue weighted by Crippen LogP contribution is -2.55. The molecule has 1 heterocycles. The number of hydrogen-bond donors (Lipinski definition) is 1. The molecule has 1 saturated heterocycles. The predicted octanol–water partition coefficient (Wildman–Crippen LogP) is 3.76. The topological polar surface area (TPSA) is 79.0 Å². The monoisotopic (exact) mass is 517 g/mol. The molecule has 2 saturated carbocycles. The summed E-state index contributed by atoms with van der Waals surface area (Å²) in [5.41, 5.74) is -0.804. The van der Waals surface area contributed by atoms with Gasteiger partial charge in [0.15, 0.2) is 0 Å². The van der Waals surface area contributed by atoms with Crippen molar-refractivity contribution in [3.63, 3.8) is 0 Å². The number of nitrogens with one attached hydrogen (secondary N) is 1. The number of amides is 2. The van der Waals surface area contributed by atoms with E-state index in [4.69, 9.17) is 4.74 Å². The van der Waals surface area contributed by atoms with E-state index in [0.29, 0.717) is 43.6 Å². The van der Waals surface area contributed by atoms with E-state index in [2.05, 4.69) is 6.92 Å². The summed E-state index contributed by atoms with van der Waals surface area (Å²) >= 11 is 0. The SMILES string of the molecule is CCC1CC1CN(CNC(=O)C(F)(F)F)C(CC1CC1)C(=O)N1CC(C(C)=O)(C(CC)OC)CC1C. The number of likely N-dealkylation sites (tertiary alicyclic amines) is 1. The van der Waals surface area contributed by atoms with Gasteiger partial charge in [-0.05, 0) is 57.3 Å². The second kappa shape index (κ2) is 11.4. The van der Waals surface area contributed by atoms with E-state index in [0.717, 1.165) is 25.7 Å². The molecule has 2 aliphatic carbocycles. The summed E-state index contributed by atoms with van der Waals surface area (Å²) in [5, 5.41) is 2.01. The van der Waals surface area contributed by atoms with Crippen LogP contribution < -0.4 is 5.32 Å². The molecular weight excluding hydrogens is 475 g/mol. The van der Waals surface area contributed by atoms with Crippen molar-refractivity contribution in [2.75, 3.05) is 26.9 Å². The molecule has 0 aromatic rings. The van der Waals surface area contributed by atoms with Gasteiger partial charge in [0.1, 0.15) is 5.78 Å². The second-order valence-electron chi connectivity index (χ2n) is 11.2. The number of carbonyl (C=O) groups is 3. The Bertz CT molecular complexity index is 815. The van der Waals surface area contributed by atoms with E-state index in [9.17, 15) is 27.6 Å². The molecule has 3 aliphatic rings. The maximum absolute atomic E-state index is 14.1. The van der Waals surface area contributed by atoms with Gasteiger partial charge in [-0.2, -0.15) is 13.2 Å². The van der Waals surface area contributed by atoms with E-state index in [1.165, 1.54) is 0 Å². The molecule has 6 atom stereocenters. The molecule has 0 aromatic carbocycles. The Balaban J connectivity index is 1.85. The molecule has 0 spiro atoms. The molecule has 3 fully saturated rings. The van der Waals surface area contributed by atoms with Gasteiger partial charge in [-0.25, -0.2) is 0 Å². The first kappa shape index (κ1) is 28.9. The van der Waals surface area contributed by atoms with Gasteiger partial charge in [0.2, 0.25) is 5.91 Å². The van der Waals surface area contributed by atoms with Gasteiger partial charge < -0.3 is 15.0 Å². The number of hydrogen-bond acceptors (Lipinski definition) is 5. The summed E-state index contributed by atoms with van der Waals surface area (Å²) in [6.45, 7) is 7.87. The van der Waals surface area contributed by atoms with Crippen LogP contribution in [-0.2, 0) is 19.1 Å². The third-order valence-corrected chi connectivity index (χ3v) is 8.64. The minimum Gasteiger partial charge on any atom is -0.380 e.